The largest absolute Gasteiger partial charge is 0.487 e. The Balaban J connectivity index is 1.26. The molecule has 0 radical (unpaired) electrons. The molecule has 3 aromatic carbocycles. The second-order valence-electron chi connectivity index (χ2n) is 6.86. The third-order valence-electron chi connectivity index (χ3n) is 4.51. The van der Waals surface area contributed by atoms with E-state index in [9.17, 15) is 9.59 Å². The first-order valence-corrected chi connectivity index (χ1v) is 10.5. The van der Waals surface area contributed by atoms with Gasteiger partial charge in [-0.05, 0) is 54.1 Å². The Morgan fingerprint density at radius 2 is 1.77 bits per heavy atom. The van der Waals surface area contributed by atoms with Gasteiger partial charge in [0.25, 0.3) is 5.91 Å². The van der Waals surface area contributed by atoms with E-state index in [1.807, 2.05) is 54.8 Å². The van der Waals surface area contributed by atoms with Crippen molar-refractivity contribution < 1.29 is 19.1 Å². The number of fused-ring (bicyclic) bond motifs is 1. The Labute approximate surface area is 183 Å². The maximum atomic E-state index is 12.2. The van der Waals surface area contributed by atoms with Crippen LogP contribution < -0.4 is 10.1 Å². The standard InChI is InChI=1S/C24H20N2O4S/c1-16-25-21(15-31-16)13-29-22-10-7-18(8-11-22)24(28)30-14-23(27)26-20-9-6-17-4-2-3-5-19(17)12-20/h2-12,15H,13-14H2,1H3,(H,26,27). The number of nitrogens with one attached hydrogen (secondary N) is 1. The molecule has 1 heterocycles. The number of aryl methyl sites for hydroxylation is 1. The van der Waals surface area contributed by atoms with Crippen molar-refractivity contribution in [3.05, 3.63) is 88.4 Å². The molecule has 0 saturated heterocycles. The molecule has 1 aromatic heterocycles. The van der Waals surface area contributed by atoms with Crippen LogP contribution in [0.25, 0.3) is 10.8 Å². The molecule has 0 aliphatic heterocycles. The van der Waals surface area contributed by atoms with Crippen LogP contribution in [0.15, 0.2) is 72.1 Å². The monoisotopic (exact) mass is 432 g/mol. The van der Waals surface area contributed by atoms with Crippen molar-refractivity contribution in [1.82, 2.24) is 4.98 Å². The molecule has 0 saturated carbocycles. The number of anilines is 1. The highest BCUT2D eigenvalue weighted by atomic mass is 32.1. The number of hydrogen-bond acceptors (Lipinski definition) is 6. The first-order valence-electron chi connectivity index (χ1n) is 9.66. The van der Waals surface area contributed by atoms with Gasteiger partial charge in [0.1, 0.15) is 12.4 Å². The summed E-state index contributed by atoms with van der Waals surface area (Å²) in [5, 5.41) is 7.78. The van der Waals surface area contributed by atoms with Crippen molar-refractivity contribution in [2.75, 3.05) is 11.9 Å². The van der Waals surface area contributed by atoms with Gasteiger partial charge in [-0.25, -0.2) is 9.78 Å². The van der Waals surface area contributed by atoms with Crippen LogP contribution in [0.3, 0.4) is 0 Å². The van der Waals surface area contributed by atoms with E-state index in [4.69, 9.17) is 9.47 Å². The van der Waals surface area contributed by atoms with Crippen LogP contribution in [0.1, 0.15) is 21.1 Å². The summed E-state index contributed by atoms with van der Waals surface area (Å²) in [6, 6.07) is 20.1. The Hall–Kier alpha value is -3.71. The number of amides is 1. The molecule has 31 heavy (non-hydrogen) atoms. The first-order chi connectivity index (χ1) is 15.1. The second-order valence-corrected chi connectivity index (χ2v) is 7.92. The van der Waals surface area contributed by atoms with E-state index >= 15 is 0 Å². The lowest BCUT2D eigenvalue weighted by Gasteiger charge is -2.08. The van der Waals surface area contributed by atoms with E-state index in [0.717, 1.165) is 21.5 Å². The van der Waals surface area contributed by atoms with Crippen LogP contribution >= 0.6 is 11.3 Å². The molecule has 0 bridgehead atoms. The number of esters is 1. The number of ether oxygens (including phenoxy) is 2. The predicted octanol–water partition coefficient (Wildman–Crippen LogP) is 4.98. The van der Waals surface area contributed by atoms with Gasteiger partial charge < -0.3 is 14.8 Å². The normalized spacial score (nSPS) is 10.6. The summed E-state index contributed by atoms with van der Waals surface area (Å²) in [6.45, 7) is 1.94. The summed E-state index contributed by atoms with van der Waals surface area (Å²) >= 11 is 1.57. The summed E-state index contributed by atoms with van der Waals surface area (Å²) in [5.41, 5.74) is 1.86. The van der Waals surface area contributed by atoms with Crippen molar-refractivity contribution in [2.45, 2.75) is 13.5 Å². The van der Waals surface area contributed by atoms with Gasteiger partial charge in [-0.3, -0.25) is 4.79 Å². The van der Waals surface area contributed by atoms with Gasteiger partial charge in [0.2, 0.25) is 0 Å². The minimum atomic E-state index is -0.574. The van der Waals surface area contributed by atoms with Gasteiger partial charge in [0.05, 0.1) is 16.3 Å². The highest BCUT2D eigenvalue weighted by molar-refractivity contribution is 7.09. The van der Waals surface area contributed by atoms with Gasteiger partial charge in [0, 0.05) is 11.1 Å². The molecule has 0 fully saturated rings. The van der Waals surface area contributed by atoms with Crippen LogP contribution in [0.2, 0.25) is 0 Å². The highest BCUT2D eigenvalue weighted by Gasteiger charge is 2.11. The number of carbonyl (C=O) groups is 2. The number of carbonyl (C=O) groups excluding carboxylic acids is 2. The van der Waals surface area contributed by atoms with Crippen LogP contribution in [-0.2, 0) is 16.1 Å². The zero-order chi connectivity index (χ0) is 21.6. The van der Waals surface area contributed by atoms with E-state index in [0.29, 0.717) is 23.6 Å². The van der Waals surface area contributed by atoms with Crippen molar-refractivity contribution in [3.8, 4) is 5.75 Å². The van der Waals surface area contributed by atoms with E-state index in [1.165, 1.54) is 0 Å². The molecule has 1 N–H and O–H groups in total. The first kappa shape index (κ1) is 20.6. The van der Waals surface area contributed by atoms with Crippen molar-refractivity contribution >= 4 is 39.7 Å². The summed E-state index contributed by atoms with van der Waals surface area (Å²) in [4.78, 5) is 28.7. The SMILES string of the molecule is Cc1nc(COc2ccc(C(=O)OCC(=O)Nc3ccc4ccccc4c3)cc2)cs1. The quantitative estimate of drug-likeness (QED) is 0.417. The minimum absolute atomic E-state index is 0.343. The molecule has 0 spiro atoms. The molecule has 1 amide bonds. The molecule has 0 aliphatic rings. The third kappa shape index (κ3) is 5.46. The van der Waals surface area contributed by atoms with Crippen molar-refractivity contribution in [1.29, 1.82) is 0 Å². The maximum absolute atomic E-state index is 12.2. The molecular formula is C24H20N2O4S. The summed E-state index contributed by atoms with van der Waals surface area (Å²) in [5.74, 6) is -0.353. The van der Waals surface area contributed by atoms with Crippen molar-refractivity contribution in [2.24, 2.45) is 0 Å². The van der Waals surface area contributed by atoms with E-state index in [-0.39, 0.29) is 6.61 Å². The zero-order valence-corrected chi connectivity index (χ0v) is 17.6. The number of aromatic nitrogens is 1. The lowest BCUT2D eigenvalue weighted by atomic mass is 10.1. The van der Waals surface area contributed by atoms with Crippen LogP contribution in [0, 0.1) is 6.92 Å². The second kappa shape index (κ2) is 9.40. The minimum Gasteiger partial charge on any atom is -0.487 e. The van der Waals surface area contributed by atoms with Gasteiger partial charge in [-0.1, -0.05) is 30.3 Å². The Morgan fingerprint density at radius 3 is 2.52 bits per heavy atom. The zero-order valence-electron chi connectivity index (χ0n) is 16.8. The molecule has 4 aromatic rings. The Bertz CT molecular complexity index is 1220. The average molecular weight is 433 g/mol. The molecule has 7 heteroatoms. The Morgan fingerprint density at radius 1 is 1.00 bits per heavy atom. The van der Waals surface area contributed by atoms with Gasteiger partial charge >= 0.3 is 5.97 Å². The molecule has 0 atom stereocenters. The fraction of sp³-hybridized carbons (Fsp3) is 0.125. The molecule has 156 valence electrons. The number of nitrogens with zero attached hydrogens (tertiary/aromatic N) is 1. The van der Waals surface area contributed by atoms with E-state index < -0.39 is 11.9 Å². The van der Waals surface area contributed by atoms with Gasteiger partial charge in [-0.15, -0.1) is 11.3 Å². The summed E-state index contributed by atoms with van der Waals surface area (Å²) < 4.78 is 10.8. The Kier molecular flexibility index (Phi) is 6.24. The molecule has 0 aliphatic carbocycles. The van der Waals surface area contributed by atoms with Gasteiger partial charge in [-0.2, -0.15) is 0 Å². The molecule has 0 unspecified atom stereocenters. The number of benzene rings is 3. The summed E-state index contributed by atoms with van der Waals surface area (Å²) in [7, 11) is 0. The maximum Gasteiger partial charge on any atom is 0.338 e. The van der Waals surface area contributed by atoms with E-state index in [1.54, 1.807) is 35.6 Å². The lowest BCUT2D eigenvalue weighted by Crippen LogP contribution is -2.20. The highest BCUT2D eigenvalue weighted by Crippen LogP contribution is 2.19. The third-order valence-corrected chi connectivity index (χ3v) is 5.33. The topological polar surface area (TPSA) is 77.5 Å². The van der Waals surface area contributed by atoms with Crippen molar-refractivity contribution in [3.63, 3.8) is 0 Å². The van der Waals surface area contributed by atoms with Crippen LogP contribution in [0.5, 0.6) is 5.75 Å². The number of rotatable bonds is 7. The number of thiazole rings is 1. The van der Waals surface area contributed by atoms with Gasteiger partial charge in [0.15, 0.2) is 6.61 Å². The van der Waals surface area contributed by atoms with Crippen LogP contribution in [-0.4, -0.2) is 23.5 Å². The lowest BCUT2D eigenvalue weighted by molar-refractivity contribution is -0.119. The predicted molar refractivity (Wildman–Crippen MR) is 120 cm³/mol. The summed E-state index contributed by atoms with van der Waals surface area (Å²) in [6.07, 6.45) is 0. The van der Waals surface area contributed by atoms with Crippen LogP contribution in [0.4, 0.5) is 5.69 Å². The molecule has 4 rings (SSSR count). The number of hydrogen-bond donors (Lipinski definition) is 1. The fourth-order valence-electron chi connectivity index (χ4n) is 3.00. The van der Waals surface area contributed by atoms with E-state index in [2.05, 4.69) is 10.3 Å². The fourth-order valence-corrected chi connectivity index (χ4v) is 3.59. The smallest absolute Gasteiger partial charge is 0.338 e. The molecular weight excluding hydrogens is 412 g/mol. The molecule has 6 nitrogen and oxygen atoms in total. The average Bonchev–Trinajstić information content (AvgIpc) is 3.21.